The number of aryl methyl sites for hydroxylation is 1. The van der Waals surface area contributed by atoms with E-state index in [1.54, 1.807) is 35.1 Å². The number of carbonyl (C=O) groups excluding carboxylic acids is 1. The summed E-state index contributed by atoms with van der Waals surface area (Å²) in [6, 6.07) is 5.35. The number of ether oxygens (including phenoxy) is 1. The van der Waals surface area contributed by atoms with E-state index >= 15 is 0 Å². The lowest BCUT2D eigenvalue weighted by Crippen LogP contribution is -2.45. The Balaban J connectivity index is 1.36. The van der Waals surface area contributed by atoms with Crippen LogP contribution in [0.15, 0.2) is 35.1 Å². The van der Waals surface area contributed by atoms with Gasteiger partial charge in [-0.15, -0.1) is 10.2 Å². The first-order valence-corrected chi connectivity index (χ1v) is 12.1. The minimum Gasteiger partial charge on any atom is -0.470 e. The third-order valence-electron chi connectivity index (χ3n) is 6.09. The fourth-order valence-electron chi connectivity index (χ4n) is 4.31. The first kappa shape index (κ1) is 23.9. The van der Waals surface area contributed by atoms with Crippen LogP contribution < -0.4 is 10.2 Å². The summed E-state index contributed by atoms with van der Waals surface area (Å²) < 4.78 is 13.0. The van der Waals surface area contributed by atoms with E-state index in [9.17, 15) is 4.79 Å². The van der Waals surface area contributed by atoms with E-state index < -0.39 is 0 Å². The number of carbonyl (C=O) groups is 1. The van der Waals surface area contributed by atoms with E-state index in [0.717, 1.165) is 37.0 Å². The highest BCUT2D eigenvalue weighted by molar-refractivity contribution is 5.93. The summed E-state index contributed by atoms with van der Waals surface area (Å²) in [4.78, 5) is 17.0. The third kappa shape index (κ3) is 4.92. The van der Waals surface area contributed by atoms with Crippen molar-refractivity contribution in [3.05, 3.63) is 53.2 Å². The van der Waals surface area contributed by atoms with Crippen LogP contribution in [0.1, 0.15) is 67.4 Å². The van der Waals surface area contributed by atoms with Gasteiger partial charge in [-0.3, -0.25) is 15.2 Å². The maximum atomic E-state index is 12.5. The highest BCUT2D eigenvalue weighted by atomic mass is 16.5. The van der Waals surface area contributed by atoms with Crippen LogP contribution in [-0.4, -0.2) is 54.0 Å². The molecule has 1 N–H and O–H groups in total. The second kappa shape index (κ2) is 9.65. The van der Waals surface area contributed by atoms with Gasteiger partial charge in [0.1, 0.15) is 12.4 Å². The Morgan fingerprint density at radius 2 is 1.97 bits per heavy atom. The van der Waals surface area contributed by atoms with Gasteiger partial charge in [0, 0.05) is 30.9 Å². The lowest BCUT2D eigenvalue weighted by atomic mass is 9.88. The molecule has 1 saturated heterocycles. The summed E-state index contributed by atoms with van der Waals surface area (Å²) in [7, 11) is 0. The predicted octanol–water partition coefficient (Wildman–Crippen LogP) is 3.49. The summed E-state index contributed by atoms with van der Waals surface area (Å²) >= 11 is 0. The lowest BCUT2D eigenvalue weighted by molar-refractivity contribution is 0.0749. The molecule has 1 amide bonds. The van der Waals surface area contributed by atoms with E-state index in [1.807, 2.05) is 11.9 Å². The molecule has 1 aliphatic heterocycles. The highest BCUT2D eigenvalue weighted by Gasteiger charge is 2.28. The van der Waals surface area contributed by atoms with Gasteiger partial charge in [-0.1, -0.05) is 32.3 Å². The average molecular weight is 491 g/mol. The van der Waals surface area contributed by atoms with Crippen molar-refractivity contribution in [2.45, 2.75) is 59.0 Å². The summed E-state index contributed by atoms with van der Waals surface area (Å²) in [5, 5.41) is 19.1. The lowest BCUT2D eigenvalue weighted by Gasteiger charge is -2.26. The Hall–Kier alpha value is -3.86. The van der Waals surface area contributed by atoms with Gasteiger partial charge in [0.25, 0.3) is 5.91 Å². The average Bonchev–Trinajstić information content (AvgIpc) is 3.46. The number of piperidine rings is 1. The maximum absolute atomic E-state index is 12.5. The second-order valence-corrected chi connectivity index (χ2v) is 10.0. The van der Waals surface area contributed by atoms with Crippen LogP contribution >= 0.6 is 0 Å². The van der Waals surface area contributed by atoms with Crippen molar-refractivity contribution in [2.24, 2.45) is 0 Å². The molecule has 5 rings (SSSR count). The molecule has 0 aliphatic carbocycles. The van der Waals surface area contributed by atoms with Crippen LogP contribution in [-0.2, 0) is 12.0 Å². The van der Waals surface area contributed by atoms with Crippen LogP contribution in [0.3, 0.4) is 0 Å². The fourth-order valence-corrected chi connectivity index (χ4v) is 4.31. The number of amides is 1. The Morgan fingerprint density at radius 1 is 1.17 bits per heavy atom. The van der Waals surface area contributed by atoms with E-state index in [1.165, 1.54) is 6.42 Å². The third-order valence-corrected chi connectivity index (χ3v) is 6.09. The Labute approximate surface area is 208 Å². The number of hydrazine groups is 1. The summed E-state index contributed by atoms with van der Waals surface area (Å²) in [5.41, 5.74) is 6.10. The number of pyridine rings is 1. The molecule has 0 spiro atoms. The zero-order valence-electron chi connectivity index (χ0n) is 21.0. The monoisotopic (exact) mass is 490 g/mol. The van der Waals surface area contributed by atoms with Crippen LogP contribution in [0.4, 0.5) is 0 Å². The quantitative estimate of drug-likeness (QED) is 0.432. The van der Waals surface area contributed by atoms with E-state index in [0.29, 0.717) is 34.4 Å². The number of nitrogens with zero attached hydrogens (tertiary/aromatic N) is 7. The zero-order chi connectivity index (χ0) is 25.3. The number of hydrogen-bond donors (Lipinski definition) is 1. The minimum atomic E-state index is -0.277. The maximum Gasteiger partial charge on any atom is 0.267 e. The molecule has 4 aromatic heterocycles. The Morgan fingerprint density at radius 3 is 2.64 bits per heavy atom. The number of hydrogen-bond acceptors (Lipinski definition) is 9. The Kier molecular flexibility index (Phi) is 6.40. The molecule has 0 unspecified atom stereocenters. The number of aromatic nitrogens is 6. The van der Waals surface area contributed by atoms with Crippen molar-refractivity contribution in [3.8, 4) is 17.4 Å². The molecule has 0 atom stereocenters. The van der Waals surface area contributed by atoms with E-state index in [2.05, 4.69) is 46.5 Å². The first-order chi connectivity index (χ1) is 17.3. The van der Waals surface area contributed by atoms with Gasteiger partial charge in [0.05, 0.1) is 23.0 Å². The molecule has 11 nitrogen and oxygen atoms in total. The summed E-state index contributed by atoms with van der Waals surface area (Å²) in [6.45, 7) is 10.0. The molecule has 1 fully saturated rings. The fraction of sp³-hybridized carbons (Fsp3) is 0.440. The zero-order valence-corrected chi connectivity index (χ0v) is 21.0. The number of rotatable bonds is 6. The molecule has 0 bridgehead atoms. The molecular weight excluding hydrogens is 460 g/mol. The Bertz CT molecular complexity index is 1360. The molecule has 1 aliphatic rings. The summed E-state index contributed by atoms with van der Waals surface area (Å²) in [5.74, 6) is 1.45. The van der Waals surface area contributed by atoms with E-state index in [-0.39, 0.29) is 17.9 Å². The van der Waals surface area contributed by atoms with Gasteiger partial charge in [-0.05, 0) is 37.3 Å². The standard InChI is InChI=1S/C25H30N8O3/c1-16-12-19(31-36-16)22-28-27-14-20-21(25(2,3)4)24(30-33(20)22)35-15-18-9-8-17(13-26-18)23(34)29-32-10-6-5-7-11-32/h8-9,12-14H,5-7,10-11,15H2,1-4H3,(H,29,34). The van der Waals surface area contributed by atoms with Crippen LogP contribution in [0.25, 0.3) is 17.0 Å². The second-order valence-electron chi connectivity index (χ2n) is 10.0. The van der Waals surface area contributed by atoms with Crippen LogP contribution in [0.2, 0.25) is 0 Å². The molecule has 36 heavy (non-hydrogen) atoms. The van der Waals surface area contributed by atoms with Gasteiger partial charge in [-0.25, -0.2) is 9.52 Å². The van der Waals surface area contributed by atoms with E-state index in [4.69, 9.17) is 14.4 Å². The highest BCUT2D eigenvalue weighted by Crippen LogP contribution is 2.36. The van der Waals surface area contributed by atoms with Crippen molar-refractivity contribution in [3.63, 3.8) is 0 Å². The molecule has 0 saturated carbocycles. The SMILES string of the molecule is Cc1cc(-c2nncc3c(C(C)(C)C)c(OCc4ccc(C(=O)NN5CCCCC5)cn4)nn23)no1. The van der Waals surface area contributed by atoms with Crippen LogP contribution in [0.5, 0.6) is 5.88 Å². The van der Waals surface area contributed by atoms with Gasteiger partial charge in [0.15, 0.2) is 5.69 Å². The summed E-state index contributed by atoms with van der Waals surface area (Å²) in [6.07, 6.45) is 6.65. The van der Waals surface area contributed by atoms with Crippen molar-refractivity contribution < 1.29 is 14.1 Å². The number of fused-ring (bicyclic) bond motifs is 1. The molecule has 5 heterocycles. The largest absolute Gasteiger partial charge is 0.470 e. The molecule has 0 aromatic carbocycles. The van der Waals surface area contributed by atoms with Crippen LogP contribution in [0, 0.1) is 6.92 Å². The van der Waals surface area contributed by atoms with Crippen molar-refractivity contribution in [1.82, 2.24) is 40.4 Å². The molecule has 11 heteroatoms. The normalized spacial score (nSPS) is 14.8. The minimum absolute atomic E-state index is 0.150. The van der Waals surface area contributed by atoms with Crippen molar-refractivity contribution in [1.29, 1.82) is 0 Å². The van der Waals surface area contributed by atoms with Gasteiger partial charge < -0.3 is 9.26 Å². The molecular formula is C25H30N8O3. The van der Waals surface area contributed by atoms with Gasteiger partial charge in [-0.2, -0.15) is 5.10 Å². The molecule has 4 aromatic rings. The topological polar surface area (TPSA) is 124 Å². The first-order valence-electron chi connectivity index (χ1n) is 12.1. The number of nitrogens with one attached hydrogen (secondary N) is 1. The molecule has 188 valence electrons. The smallest absolute Gasteiger partial charge is 0.267 e. The predicted molar refractivity (Wildman–Crippen MR) is 131 cm³/mol. The van der Waals surface area contributed by atoms with Gasteiger partial charge >= 0.3 is 0 Å². The van der Waals surface area contributed by atoms with Crippen molar-refractivity contribution in [2.75, 3.05) is 13.1 Å². The molecule has 0 radical (unpaired) electrons. The van der Waals surface area contributed by atoms with Gasteiger partial charge in [0.2, 0.25) is 11.7 Å². The van der Waals surface area contributed by atoms with Crippen molar-refractivity contribution >= 4 is 11.4 Å².